The number of benzene rings is 1. The smallest absolute Gasteiger partial charge is 0.293 e. The number of carbonyl (C=O) groups excluding carboxylic acids is 1. The fraction of sp³-hybridized carbons (Fsp3) is 0.650. The van der Waals surface area contributed by atoms with Crippen molar-refractivity contribution in [3.05, 3.63) is 35.9 Å². The molecule has 2 heterocycles. The predicted octanol–water partition coefficient (Wildman–Crippen LogP) is 2.18. The second-order valence-corrected chi connectivity index (χ2v) is 7.67. The normalized spacial score (nSPS) is 23.0. The molecule has 2 unspecified atom stereocenters. The van der Waals surface area contributed by atoms with Crippen LogP contribution in [0, 0.1) is 0 Å². The Labute approximate surface area is 161 Å². The van der Waals surface area contributed by atoms with E-state index in [1.807, 2.05) is 26.8 Å². The van der Waals surface area contributed by atoms with Crippen LogP contribution in [0.5, 0.6) is 0 Å². The molecule has 1 aromatic carbocycles. The number of nitrogens with zero attached hydrogens (tertiary/aromatic N) is 2. The van der Waals surface area contributed by atoms with Crippen LogP contribution in [0.15, 0.2) is 30.3 Å². The fourth-order valence-electron chi connectivity index (χ4n) is 3.20. The van der Waals surface area contributed by atoms with Gasteiger partial charge in [0.15, 0.2) is 0 Å². The third-order valence-corrected chi connectivity index (χ3v) is 4.40. The highest BCUT2D eigenvalue weighted by Gasteiger charge is 2.31. The molecule has 152 valence electrons. The van der Waals surface area contributed by atoms with Crippen molar-refractivity contribution in [3.8, 4) is 0 Å². The molecule has 2 saturated heterocycles. The van der Waals surface area contributed by atoms with Crippen LogP contribution in [-0.4, -0.2) is 74.1 Å². The second-order valence-electron chi connectivity index (χ2n) is 7.67. The van der Waals surface area contributed by atoms with Gasteiger partial charge in [0.25, 0.3) is 6.47 Å². The summed E-state index contributed by atoms with van der Waals surface area (Å²) in [6.07, 6.45) is -1.02. The summed E-state index contributed by atoms with van der Waals surface area (Å²) in [7, 11) is 0. The van der Waals surface area contributed by atoms with Crippen molar-refractivity contribution in [2.24, 2.45) is 0 Å². The SMILES string of the molecule is CC(C)(C)OC=O.FC1CN(C(c2ccccc2)N2CCNCC2)CCO1. The molecule has 0 aliphatic carbocycles. The zero-order chi connectivity index (χ0) is 19.7. The minimum atomic E-state index is -1.17. The van der Waals surface area contributed by atoms with Crippen molar-refractivity contribution in [3.63, 3.8) is 0 Å². The highest BCUT2D eigenvalue weighted by molar-refractivity contribution is 5.37. The van der Waals surface area contributed by atoms with Crippen LogP contribution in [0.1, 0.15) is 32.5 Å². The van der Waals surface area contributed by atoms with Gasteiger partial charge in [-0.05, 0) is 26.3 Å². The molecule has 0 aromatic heterocycles. The average Bonchev–Trinajstić information content (AvgIpc) is 2.63. The van der Waals surface area contributed by atoms with Gasteiger partial charge in [0.1, 0.15) is 5.60 Å². The molecule has 1 N–H and O–H groups in total. The lowest BCUT2D eigenvalue weighted by Crippen LogP contribution is -2.53. The van der Waals surface area contributed by atoms with Crippen LogP contribution in [0.4, 0.5) is 4.39 Å². The number of hydrogen-bond acceptors (Lipinski definition) is 6. The van der Waals surface area contributed by atoms with E-state index in [1.165, 1.54) is 5.56 Å². The third-order valence-electron chi connectivity index (χ3n) is 4.40. The number of halogens is 1. The lowest BCUT2D eigenvalue weighted by atomic mass is 10.1. The number of ether oxygens (including phenoxy) is 2. The first-order valence-electron chi connectivity index (χ1n) is 9.51. The zero-order valence-electron chi connectivity index (χ0n) is 16.6. The predicted molar refractivity (Wildman–Crippen MR) is 103 cm³/mol. The van der Waals surface area contributed by atoms with Gasteiger partial charge in [-0.2, -0.15) is 0 Å². The van der Waals surface area contributed by atoms with Crippen molar-refractivity contribution in [1.82, 2.24) is 15.1 Å². The van der Waals surface area contributed by atoms with Gasteiger partial charge in [-0.25, -0.2) is 4.39 Å². The summed E-state index contributed by atoms with van der Waals surface area (Å²) in [5.41, 5.74) is 0.922. The number of alkyl halides is 1. The van der Waals surface area contributed by atoms with Gasteiger partial charge >= 0.3 is 0 Å². The number of nitrogens with one attached hydrogen (secondary N) is 1. The van der Waals surface area contributed by atoms with Crippen molar-refractivity contribution in [1.29, 1.82) is 0 Å². The standard InChI is InChI=1S/C15H22FN3O.C5H10O2/c16-14-12-19(10-11-20-14)15(13-4-2-1-3-5-13)18-8-6-17-7-9-18;1-5(2,3)7-4-6/h1-5,14-15,17H,6-12H2;4H,1-3H3. The Bertz CT molecular complexity index is 547. The van der Waals surface area contributed by atoms with Gasteiger partial charge in [0.05, 0.1) is 19.3 Å². The molecular weight excluding hydrogens is 349 g/mol. The molecule has 0 amide bonds. The lowest BCUT2D eigenvalue weighted by molar-refractivity contribution is -0.138. The Morgan fingerprint density at radius 3 is 2.37 bits per heavy atom. The minimum Gasteiger partial charge on any atom is -0.462 e. The van der Waals surface area contributed by atoms with E-state index >= 15 is 0 Å². The van der Waals surface area contributed by atoms with Crippen LogP contribution in [-0.2, 0) is 14.3 Å². The lowest BCUT2D eigenvalue weighted by Gasteiger charge is -2.43. The number of rotatable bonds is 4. The van der Waals surface area contributed by atoms with Crippen molar-refractivity contribution in [2.45, 2.75) is 38.9 Å². The molecule has 3 rings (SSSR count). The molecule has 2 aliphatic rings. The Balaban J connectivity index is 0.000000321. The quantitative estimate of drug-likeness (QED) is 0.807. The first-order valence-corrected chi connectivity index (χ1v) is 9.51. The molecule has 0 bridgehead atoms. The first-order chi connectivity index (χ1) is 12.9. The molecule has 6 nitrogen and oxygen atoms in total. The molecule has 7 heteroatoms. The van der Waals surface area contributed by atoms with E-state index in [0.717, 1.165) is 32.7 Å². The average molecular weight is 381 g/mol. The van der Waals surface area contributed by atoms with Gasteiger partial charge in [-0.3, -0.25) is 14.6 Å². The maximum Gasteiger partial charge on any atom is 0.293 e. The van der Waals surface area contributed by atoms with Gasteiger partial charge in [-0.15, -0.1) is 0 Å². The summed E-state index contributed by atoms with van der Waals surface area (Å²) in [6.45, 7) is 11.5. The molecule has 0 saturated carbocycles. The van der Waals surface area contributed by atoms with E-state index in [9.17, 15) is 9.18 Å². The van der Waals surface area contributed by atoms with Crippen molar-refractivity contribution >= 4 is 6.47 Å². The molecule has 27 heavy (non-hydrogen) atoms. The molecule has 0 radical (unpaired) electrons. The van der Waals surface area contributed by atoms with Crippen LogP contribution >= 0.6 is 0 Å². The Morgan fingerprint density at radius 2 is 1.85 bits per heavy atom. The van der Waals surface area contributed by atoms with E-state index < -0.39 is 6.36 Å². The maximum absolute atomic E-state index is 13.6. The molecular formula is C20H32FN3O3. The summed E-state index contributed by atoms with van der Waals surface area (Å²) < 4.78 is 23.2. The summed E-state index contributed by atoms with van der Waals surface area (Å²) in [5, 5.41) is 3.37. The second kappa shape index (κ2) is 10.7. The number of morpholine rings is 1. The fourth-order valence-corrected chi connectivity index (χ4v) is 3.20. The summed E-state index contributed by atoms with van der Waals surface area (Å²) in [5.74, 6) is 0. The van der Waals surface area contributed by atoms with E-state index in [0.29, 0.717) is 19.6 Å². The summed E-state index contributed by atoms with van der Waals surface area (Å²) >= 11 is 0. The molecule has 1 aromatic rings. The molecule has 0 spiro atoms. The number of carbonyl (C=O) groups is 1. The van der Waals surface area contributed by atoms with E-state index in [2.05, 4.69) is 44.1 Å². The van der Waals surface area contributed by atoms with Gasteiger partial charge < -0.3 is 14.8 Å². The topological polar surface area (TPSA) is 54.0 Å². The molecule has 2 atom stereocenters. The summed E-state index contributed by atoms with van der Waals surface area (Å²) in [4.78, 5) is 14.2. The third kappa shape index (κ3) is 7.54. The zero-order valence-corrected chi connectivity index (χ0v) is 16.6. The molecule has 2 aliphatic heterocycles. The monoisotopic (exact) mass is 381 g/mol. The minimum absolute atomic E-state index is 0.153. The van der Waals surface area contributed by atoms with E-state index in [-0.39, 0.29) is 11.8 Å². The van der Waals surface area contributed by atoms with Gasteiger partial charge in [-0.1, -0.05) is 30.3 Å². The Morgan fingerprint density at radius 1 is 1.19 bits per heavy atom. The van der Waals surface area contributed by atoms with E-state index in [4.69, 9.17) is 4.74 Å². The summed E-state index contributed by atoms with van der Waals surface area (Å²) in [6, 6.07) is 10.4. The van der Waals surface area contributed by atoms with Crippen LogP contribution < -0.4 is 5.32 Å². The van der Waals surface area contributed by atoms with Crippen molar-refractivity contribution < 1.29 is 18.7 Å². The first kappa shape index (κ1) is 21.8. The van der Waals surface area contributed by atoms with Crippen LogP contribution in [0.25, 0.3) is 0 Å². The number of hydrogen-bond donors (Lipinski definition) is 1. The van der Waals surface area contributed by atoms with Crippen molar-refractivity contribution in [2.75, 3.05) is 45.9 Å². The Kier molecular flexibility index (Phi) is 8.63. The molecule has 2 fully saturated rings. The highest BCUT2D eigenvalue weighted by Crippen LogP contribution is 2.27. The van der Waals surface area contributed by atoms with Crippen LogP contribution in [0.3, 0.4) is 0 Å². The van der Waals surface area contributed by atoms with Crippen LogP contribution in [0.2, 0.25) is 0 Å². The van der Waals surface area contributed by atoms with E-state index in [1.54, 1.807) is 0 Å². The Hall–Kier alpha value is -1.54. The van der Waals surface area contributed by atoms with Gasteiger partial charge in [0.2, 0.25) is 6.36 Å². The maximum atomic E-state index is 13.6. The number of piperazine rings is 1. The largest absolute Gasteiger partial charge is 0.462 e. The van der Waals surface area contributed by atoms with Gasteiger partial charge in [0, 0.05) is 32.7 Å². The highest BCUT2D eigenvalue weighted by atomic mass is 19.1.